The topological polar surface area (TPSA) is 287 Å². The number of allylic oxidation sites excluding steroid dienone is 6. The molecule has 1 heterocycles. The smallest absolute Gasteiger partial charge is 0.493 e. The molecule has 0 bridgehead atoms. The van der Waals surface area contributed by atoms with E-state index in [0.717, 1.165) is 78.0 Å². The summed E-state index contributed by atoms with van der Waals surface area (Å²) in [6.07, 6.45) is 7.82. The molecule has 0 spiro atoms. The van der Waals surface area contributed by atoms with E-state index in [1.807, 2.05) is 136 Å². The van der Waals surface area contributed by atoms with E-state index in [9.17, 15) is 52.1 Å². The molecule has 658 valence electrons. The van der Waals surface area contributed by atoms with Crippen molar-refractivity contribution in [1.82, 2.24) is 20.9 Å². The van der Waals surface area contributed by atoms with E-state index in [2.05, 4.69) is 20.9 Å². The van der Waals surface area contributed by atoms with Crippen molar-refractivity contribution in [3.63, 3.8) is 0 Å². The first-order valence-electron chi connectivity index (χ1n) is 40.8. The van der Waals surface area contributed by atoms with Gasteiger partial charge in [-0.15, -0.1) is 0 Å². The Morgan fingerprint density at radius 2 is 0.669 bits per heavy atom. The van der Waals surface area contributed by atoms with Gasteiger partial charge in [0.05, 0.1) is 78.0 Å². The quantitative estimate of drug-likeness (QED) is 0.0135. The SMILES string of the molecule is COc1cc(/C=C2/C(C)=C(CC(=O)NCc3ccccc3)c3cc(F)ccc32)cc(OC)c1OC(=O)Oc1ccc([N+](=O)[O-])cc1.COc1cc(/C=C2/C(C)=C(CC(=O)NCc3ccccc3)c3cc(F)ccc32)cc(OC)c1OC(=O)c1ccccc1.COc1cc(/C=C2/C(C)=C(CC(=O)NCc3ccccc3)c3cc(F)ccc32)cc(OC)c1OC(=O)c1cccnc1. The van der Waals surface area contributed by atoms with Crippen LogP contribution in [0.5, 0.6) is 57.5 Å². The van der Waals surface area contributed by atoms with Crippen LogP contribution in [0.25, 0.3) is 51.7 Å². The molecule has 0 fully saturated rings. The van der Waals surface area contributed by atoms with Crippen LogP contribution in [0, 0.1) is 27.6 Å². The highest BCUT2D eigenvalue weighted by Gasteiger charge is 2.32. The molecule has 3 aliphatic carbocycles. The van der Waals surface area contributed by atoms with Crippen LogP contribution in [-0.2, 0) is 34.0 Å². The number of aromatic nitrogens is 1. The number of ether oxygens (including phenoxy) is 10. The van der Waals surface area contributed by atoms with Crippen LogP contribution >= 0.6 is 0 Å². The second-order valence-corrected chi connectivity index (χ2v) is 29.7. The highest BCUT2D eigenvalue weighted by Crippen LogP contribution is 2.50. The third-order valence-electron chi connectivity index (χ3n) is 21.5. The molecule has 0 aliphatic heterocycles. The number of pyridine rings is 1. The maximum Gasteiger partial charge on any atom is 0.519 e. The Balaban J connectivity index is 0.000000166. The van der Waals surface area contributed by atoms with Crippen LogP contribution in [0.1, 0.15) is 128 Å². The molecular formula is C104H88F3N5O18. The third-order valence-corrected chi connectivity index (χ3v) is 21.5. The maximum atomic E-state index is 14.4. The minimum absolute atomic E-state index is 0.0398. The van der Waals surface area contributed by atoms with E-state index in [1.54, 1.807) is 97.2 Å². The van der Waals surface area contributed by atoms with Crippen LogP contribution in [0.3, 0.4) is 0 Å². The summed E-state index contributed by atoms with van der Waals surface area (Å²) in [5.41, 5.74) is 17.1. The van der Waals surface area contributed by atoms with E-state index in [1.165, 1.54) is 110 Å². The van der Waals surface area contributed by atoms with Crippen LogP contribution < -0.4 is 63.3 Å². The molecule has 26 heteroatoms. The first-order chi connectivity index (χ1) is 62.9. The molecule has 15 rings (SSSR count). The van der Waals surface area contributed by atoms with E-state index in [-0.39, 0.29) is 106 Å². The number of non-ortho nitro benzene ring substituents is 1. The average molecular weight is 1750 g/mol. The highest BCUT2D eigenvalue weighted by atomic mass is 19.1. The normalized spacial score (nSPS) is 13.0. The number of nitrogens with zero attached hydrogens (tertiary/aromatic N) is 2. The predicted octanol–water partition coefficient (Wildman–Crippen LogP) is 21.0. The van der Waals surface area contributed by atoms with Crippen LogP contribution in [0.15, 0.2) is 278 Å². The van der Waals surface area contributed by atoms with Gasteiger partial charge in [0.25, 0.3) is 5.69 Å². The number of rotatable bonds is 28. The van der Waals surface area contributed by atoms with Crippen molar-refractivity contribution >= 4 is 93.2 Å². The summed E-state index contributed by atoms with van der Waals surface area (Å²) in [5.74, 6) is -1.03. The van der Waals surface area contributed by atoms with Crippen molar-refractivity contribution < 1.29 is 94.2 Å². The van der Waals surface area contributed by atoms with Crippen molar-refractivity contribution in [2.45, 2.75) is 59.7 Å². The first-order valence-corrected chi connectivity index (χ1v) is 40.8. The Bertz CT molecular complexity index is 6170. The van der Waals surface area contributed by atoms with Gasteiger partial charge in [0.2, 0.25) is 35.0 Å². The number of esters is 2. The fourth-order valence-electron chi connectivity index (χ4n) is 15.0. The Kier molecular flexibility index (Phi) is 29.9. The minimum atomic E-state index is -1.11. The summed E-state index contributed by atoms with van der Waals surface area (Å²) < 4.78 is 98.3. The summed E-state index contributed by atoms with van der Waals surface area (Å²) in [6, 6.07) is 69.5. The Labute approximate surface area is 747 Å². The fraction of sp³-hybridized carbons (Fsp3) is 0.144. The fourth-order valence-corrected chi connectivity index (χ4v) is 15.0. The molecule has 3 amide bonds. The Hall–Kier alpha value is -16.4. The van der Waals surface area contributed by atoms with Gasteiger partial charge in [0, 0.05) is 44.2 Å². The number of fused-ring (bicyclic) bond motifs is 3. The summed E-state index contributed by atoms with van der Waals surface area (Å²) >= 11 is 0. The number of hydrogen-bond donors (Lipinski definition) is 3. The van der Waals surface area contributed by atoms with Crippen molar-refractivity contribution in [3.8, 4) is 57.5 Å². The summed E-state index contributed by atoms with van der Waals surface area (Å²) in [7, 11) is 8.69. The number of halogens is 3. The number of nitrogens with one attached hydrogen (secondary N) is 3. The van der Waals surface area contributed by atoms with Gasteiger partial charge in [-0.05, 0) is 265 Å². The van der Waals surface area contributed by atoms with Gasteiger partial charge in [-0.25, -0.2) is 27.6 Å². The number of methoxy groups -OCH3 is 6. The Morgan fingerprint density at radius 3 is 0.977 bits per heavy atom. The number of benzene rings is 11. The maximum absolute atomic E-state index is 14.4. The number of hydrogen-bond acceptors (Lipinski definition) is 19. The average Bonchev–Trinajstić information content (AvgIpc) is 1.63. The van der Waals surface area contributed by atoms with Crippen LogP contribution in [0.4, 0.5) is 23.7 Å². The first kappa shape index (κ1) is 91.3. The largest absolute Gasteiger partial charge is 0.519 e. The lowest BCUT2D eigenvalue weighted by Crippen LogP contribution is -2.22. The van der Waals surface area contributed by atoms with Gasteiger partial charge < -0.3 is 63.3 Å². The van der Waals surface area contributed by atoms with Crippen LogP contribution in [-0.4, -0.2) is 88.4 Å². The van der Waals surface area contributed by atoms with Crippen molar-refractivity contribution in [3.05, 3.63) is 383 Å². The number of nitro groups is 1. The van der Waals surface area contributed by atoms with Crippen molar-refractivity contribution in [2.24, 2.45) is 0 Å². The van der Waals surface area contributed by atoms with E-state index >= 15 is 0 Å². The number of amides is 3. The van der Waals surface area contributed by atoms with Crippen molar-refractivity contribution in [1.29, 1.82) is 0 Å². The van der Waals surface area contributed by atoms with E-state index in [0.29, 0.717) is 75.7 Å². The summed E-state index contributed by atoms with van der Waals surface area (Å²) in [5, 5.41) is 19.7. The third kappa shape index (κ3) is 22.3. The number of carbonyl (C=O) groups is 6. The second kappa shape index (κ2) is 42.5. The lowest BCUT2D eigenvalue weighted by atomic mass is 10.00. The zero-order chi connectivity index (χ0) is 92.1. The molecule has 3 N–H and O–H groups in total. The zero-order valence-electron chi connectivity index (χ0n) is 72.2. The highest BCUT2D eigenvalue weighted by molar-refractivity contribution is 6.11. The van der Waals surface area contributed by atoms with Crippen LogP contribution in [0.2, 0.25) is 0 Å². The molecule has 11 aromatic carbocycles. The predicted molar refractivity (Wildman–Crippen MR) is 488 cm³/mol. The number of carbonyl (C=O) groups excluding carboxylic acids is 6. The van der Waals surface area contributed by atoms with Gasteiger partial charge in [0.1, 0.15) is 23.2 Å². The lowest BCUT2D eigenvalue weighted by Gasteiger charge is -2.15. The number of nitro benzene ring substituents is 1. The van der Waals surface area contributed by atoms with Gasteiger partial charge in [-0.2, -0.15) is 0 Å². The van der Waals surface area contributed by atoms with E-state index in [4.69, 9.17) is 47.4 Å². The van der Waals surface area contributed by atoms with E-state index < -0.39 is 28.8 Å². The lowest BCUT2D eigenvalue weighted by molar-refractivity contribution is -0.384. The molecular weight excluding hydrogens is 1660 g/mol. The molecule has 23 nitrogen and oxygen atoms in total. The Morgan fingerprint density at radius 1 is 0.362 bits per heavy atom. The second-order valence-electron chi connectivity index (χ2n) is 29.7. The molecule has 1 aromatic heterocycles. The molecule has 0 unspecified atom stereocenters. The molecule has 12 aromatic rings. The molecule has 130 heavy (non-hydrogen) atoms. The van der Waals surface area contributed by atoms with Gasteiger partial charge in [-0.1, -0.05) is 127 Å². The molecule has 0 radical (unpaired) electrons. The van der Waals surface area contributed by atoms with Gasteiger partial charge in [-0.3, -0.25) is 29.5 Å². The summed E-state index contributed by atoms with van der Waals surface area (Å²) in [4.78, 5) is 91.2. The molecule has 0 atom stereocenters. The monoisotopic (exact) mass is 1750 g/mol. The standard InChI is InChI=1S/C35H29FN2O8.C35H30FNO5.C34H29FN2O5/c1-21-28(27-14-9-24(36)18-30(27)29(21)19-33(39)37-20-22-7-5-4-6-8-22)15-23-16-31(43-2)34(32(17-23)44-3)46-35(40)45-26-12-10-25(11-13-26)38(41)42;1-22-28(16-24-17-31(40-2)34(32(18-24)41-3)42-35(39)25-12-8-5-9-13-25)27-15-14-26(36)19-30(27)29(22)20-33(38)37-21-23-10-6-4-7-11-23;1-21-27(14-23-15-30(40-2)33(31(16-23)41-3)42-34(39)24-10-7-13-36-20-24)26-12-11-25(35)17-29(26)28(21)18-32(38)37-19-22-8-5-4-6-9-22/h4-18H,19-20H2,1-3H3,(H,37,39);4-19H,20-21H2,1-3H3,(H,37,38);4-17,20H,18-19H2,1-3H3,(H,37,38)/b28-15-;28-16-;27-14-. The molecule has 0 saturated heterocycles. The van der Waals surface area contributed by atoms with Gasteiger partial charge >= 0.3 is 18.1 Å². The summed E-state index contributed by atoms with van der Waals surface area (Å²) in [6.45, 7) is 6.91. The molecule has 0 saturated carbocycles. The molecule has 3 aliphatic rings. The minimum Gasteiger partial charge on any atom is -0.493 e. The van der Waals surface area contributed by atoms with Crippen molar-refractivity contribution in [2.75, 3.05) is 42.7 Å². The van der Waals surface area contributed by atoms with Gasteiger partial charge in [0.15, 0.2) is 34.5 Å². The zero-order valence-corrected chi connectivity index (χ0v) is 72.2.